The summed E-state index contributed by atoms with van der Waals surface area (Å²) < 4.78 is 28.2. The lowest BCUT2D eigenvalue weighted by Crippen LogP contribution is -2.29. The molecule has 3 rings (SSSR count). The van der Waals surface area contributed by atoms with Crippen LogP contribution in [0.25, 0.3) is 11.0 Å². The molecule has 0 fully saturated rings. The Hall–Kier alpha value is -2.39. The Morgan fingerprint density at radius 2 is 1.62 bits per heavy atom. The molecule has 0 radical (unpaired) electrons. The number of anilines is 1. The summed E-state index contributed by atoms with van der Waals surface area (Å²) in [5, 5.41) is 0. The van der Waals surface area contributed by atoms with E-state index in [9.17, 15) is 18.0 Å². The number of hydrogen-bond donors (Lipinski definition) is 3. The summed E-state index contributed by atoms with van der Waals surface area (Å²) in [6.07, 6.45) is 0. The highest BCUT2D eigenvalue weighted by Gasteiger charge is 2.16. The number of benzene rings is 2. The first-order valence-electron chi connectivity index (χ1n) is 6.81. The minimum Gasteiger partial charge on any atom is -0.316 e. The largest absolute Gasteiger partial charge is 0.316 e. The fourth-order valence-electron chi connectivity index (χ4n) is 2.17. The third-order valence-corrected chi connectivity index (χ3v) is 5.39. The fourth-order valence-corrected chi connectivity index (χ4v) is 4.00. The summed E-state index contributed by atoms with van der Waals surface area (Å²) in [6, 6.07) is 9.28. The first-order valence-corrected chi connectivity index (χ1v) is 9.09. The van der Waals surface area contributed by atoms with Gasteiger partial charge in [0.25, 0.3) is 10.0 Å². The van der Waals surface area contributed by atoms with Gasteiger partial charge < -0.3 is 9.97 Å². The van der Waals surface area contributed by atoms with Gasteiger partial charge in [-0.1, -0.05) is 6.07 Å². The molecule has 7 nitrogen and oxygen atoms in total. The van der Waals surface area contributed by atoms with Crippen LogP contribution in [-0.4, -0.2) is 18.4 Å². The van der Waals surface area contributed by atoms with Gasteiger partial charge in [-0.05, 0) is 58.7 Å². The van der Waals surface area contributed by atoms with Crippen LogP contribution in [0.1, 0.15) is 5.56 Å². The number of nitrogens with one attached hydrogen (secondary N) is 3. The van der Waals surface area contributed by atoms with Gasteiger partial charge in [-0.25, -0.2) is 8.42 Å². The number of sulfonamides is 1. The van der Waals surface area contributed by atoms with Crippen LogP contribution in [-0.2, 0) is 10.0 Å². The highest BCUT2D eigenvalue weighted by molar-refractivity contribution is 9.10. The van der Waals surface area contributed by atoms with E-state index in [-0.39, 0.29) is 10.4 Å². The average Bonchev–Trinajstić information content (AvgIpc) is 2.51. The number of fused-ring (bicyclic) bond motifs is 1. The maximum atomic E-state index is 12.5. The predicted octanol–water partition coefficient (Wildman–Crippen LogP) is 2.09. The molecule has 0 aliphatic rings. The zero-order valence-electron chi connectivity index (χ0n) is 12.4. The van der Waals surface area contributed by atoms with E-state index in [0.717, 1.165) is 5.56 Å². The Balaban J connectivity index is 2.06. The molecule has 0 bridgehead atoms. The van der Waals surface area contributed by atoms with Gasteiger partial charge in [-0.2, -0.15) is 0 Å². The molecule has 0 aliphatic heterocycles. The lowest BCUT2D eigenvalue weighted by molar-refractivity contribution is 0.601. The van der Waals surface area contributed by atoms with Crippen molar-refractivity contribution in [2.24, 2.45) is 0 Å². The summed E-state index contributed by atoms with van der Waals surface area (Å²) >= 11 is 3.32. The van der Waals surface area contributed by atoms with Crippen molar-refractivity contribution in [1.82, 2.24) is 9.97 Å². The molecule has 1 aromatic heterocycles. The summed E-state index contributed by atoms with van der Waals surface area (Å²) in [6.45, 7) is 1.89. The smallest absolute Gasteiger partial charge is 0.314 e. The van der Waals surface area contributed by atoms with Crippen LogP contribution in [0.2, 0.25) is 0 Å². The summed E-state index contributed by atoms with van der Waals surface area (Å²) in [5.41, 5.74) is 0.319. The predicted molar refractivity (Wildman–Crippen MR) is 94.9 cm³/mol. The van der Waals surface area contributed by atoms with E-state index in [4.69, 9.17) is 0 Å². The minimum absolute atomic E-state index is 0.0369. The van der Waals surface area contributed by atoms with Crippen LogP contribution in [0, 0.1) is 6.92 Å². The number of halogens is 1. The zero-order chi connectivity index (χ0) is 17.5. The van der Waals surface area contributed by atoms with Gasteiger partial charge in [-0.15, -0.1) is 0 Å². The van der Waals surface area contributed by atoms with Crippen molar-refractivity contribution >= 4 is 42.7 Å². The molecule has 9 heteroatoms. The molecule has 3 aromatic rings. The van der Waals surface area contributed by atoms with Crippen LogP contribution >= 0.6 is 15.9 Å². The number of rotatable bonds is 3. The molecule has 24 heavy (non-hydrogen) atoms. The highest BCUT2D eigenvalue weighted by Crippen LogP contribution is 2.26. The topological polar surface area (TPSA) is 112 Å². The van der Waals surface area contributed by atoms with E-state index in [1.165, 1.54) is 18.2 Å². The van der Waals surface area contributed by atoms with Gasteiger partial charge in [0, 0.05) is 4.47 Å². The normalized spacial score (nSPS) is 11.6. The summed E-state index contributed by atoms with van der Waals surface area (Å²) in [5.74, 6) is 0. The Labute approximate surface area is 144 Å². The van der Waals surface area contributed by atoms with E-state index < -0.39 is 21.1 Å². The Morgan fingerprint density at radius 1 is 0.958 bits per heavy atom. The molecule has 0 atom stereocenters. The van der Waals surface area contributed by atoms with Gasteiger partial charge in [0.15, 0.2) is 0 Å². The molecule has 0 aliphatic carbocycles. The van der Waals surface area contributed by atoms with Crippen molar-refractivity contribution in [2.75, 3.05) is 4.72 Å². The second kappa shape index (κ2) is 5.91. The third kappa shape index (κ3) is 3.13. The third-order valence-electron chi connectivity index (χ3n) is 3.37. The van der Waals surface area contributed by atoms with Gasteiger partial charge in [0.05, 0.1) is 21.6 Å². The summed E-state index contributed by atoms with van der Waals surface area (Å²) in [4.78, 5) is 27.4. The molecule has 0 saturated carbocycles. The maximum absolute atomic E-state index is 12.5. The highest BCUT2D eigenvalue weighted by atomic mass is 79.9. The van der Waals surface area contributed by atoms with Gasteiger partial charge in [0.1, 0.15) is 0 Å². The standard InChI is InChI=1S/C15H12BrN3O4S/c1-8-2-4-11(10(16)6-8)19-24(22,23)9-3-5-12-13(7-9)18-15(21)14(20)17-12/h2-7,19H,1H3,(H,17,20)(H,18,21). The number of aryl methyl sites for hydroxylation is 1. The minimum atomic E-state index is -3.86. The van der Waals surface area contributed by atoms with Gasteiger partial charge in [-0.3, -0.25) is 14.3 Å². The molecule has 3 N–H and O–H groups in total. The van der Waals surface area contributed by atoms with Crippen LogP contribution in [0.3, 0.4) is 0 Å². The van der Waals surface area contributed by atoms with Crippen LogP contribution in [0.4, 0.5) is 5.69 Å². The van der Waals surface area contributed by atoms with E-state index >= 15 is 0 Å². The van der Waals surface area contributed by atoms with Crippen LogP contribution in [0.15, 0.2) is 55.4 Å². The molecular formula is C15H12BrN3O4S. The first kappa shape index (κ1) is 16.5. The van der Waals surface area contributed by atoms with Crippen molar-refractivity contribution in [3.63, 3.8) is 0 Å². The Bertz CT molecular complexity index is 1170. The van der Waals surface area contributed by atoms with E-state index in [1.54, 1.807) is 18.2 Å². The number of H-pyrrole nitrogens is 2. The lowest BCUT2D eigenvalue weighted by Gasteiger charge is -2.11. The molecule has 0 spiro atoms. The number of aromatic amines is 2. The van der Waals surface area contributed by atoms with Gasteiger partial charge in [0.2, 0.25) is 0 Å². The molecule has 124 valence electrons. The Morgan fingerprint density at radius 3 is 2.29 bits per heavy atom. The van der Waals surface area contributed by atoms with E-state index in [0.29, 0.717) is 15.7 Å². The quantitative estimate of drug-likeness (QED) is 0.574. The van der Waals surface area contributed by atoms with Crippen LogP contribution < -0.4 is 15.8 Å². The maximum Gasteiger partial charge on any atom is 0.314 e. The van der Waals surface area contributed by atoms with Crippen molar-refractivity contribution in [3.05, 3.63) is 67.1 Å². The van der Waals surface area contributed by atoms with Crippen molar-refractivity contribution < 1.29 is 8.42 Å². The number of aromatic nitrogens is 2. The van der Waals surface area contributed by atoms with Gasteiger partial charge >= 0.3 is 11.1 Å². The fraction of sp³-hybridized carbons (Fsp3) is 0.0667. The van der Waals surface area contributed by atoms with Crippen molar-refractivity contribution in [2.45, 2.75) is 11.8 Å². The second-order valence-electron chi connectivity index (χ2n) is 5.20. The molecule has 0 saturated heterocycles. The van der Waals surface area contributed by atoms with E-state index in [2.05, 4.69) is 30.6 Å². The zero-order valence-corrected chi connectivity index (χ0v) is 14.8. The average molecular weight is 410 g/mol. The first-order chi connectivity index (χ1) is 11.3. The van der Waals surface area contributed by atoms with Crippen molar-refractivity contribution in [3.8, 4) is 0 Å². The second-order valence-corrected chi connectivity index (χ2v) is 7.74. The Kier molecular flexibility index (Phi) is 4.06. The summed E-state index contributed by atoms with van der Waals surface area (Å²) in [7, 11) is -3.86. The SMILES string of the molecule is Cc1ccc(NS(=O)(=O)c2ccc3[nH]c(=O)c(=O)[nH]c3c2)c(Br)c1. The molecule has 0 amide bonds. The lowest BCUT2D eigenvalue weighted by atomic mass is 10.2. The molecule has 1 heterocycles. The number of hydrogen-bond acceptors (Lipinski definition) is 4. The molecule has 2 aromatic carbocycles. The van der Waals surface area contributed by atoms with Crippen LogP contribution in [0.5, 0.6) is 0 Å². The van der Waals surface area contributed by atoms with Crippen molar-refractivity contribution in [1.29, 1.82) is 0 Å². The molecular weight excluding hydrogens is 398 g/mol. The molecule has 0 unspecified atom stereocenters. The van der Waals surface area contributed by atoms with E-state index in [1.807, 2.05) is 6.92 Å². The monoisotopic (exact) mass is 409 g/mol.